The summed E-state index contributed by atoms with van der Waals surface area (Å²) in [4.78, 5) is 31.1. The van der Waals surface area contributed by atoms with Crippen molar-refractivity contribution in [3.8, 4) is 5.75 Å². The second-order valence-electron chi connectivity index (χ2n) is 6.86. The van der Waals surface area contributed by atoms with Crippen molar-refractivity contribution >= 4 is 23.2 Å². The highest BCUT2D eigenvalue weighted by Crippen LogP contribution is 2.33. The number of hydrogen-bond acceptors (Lipinski definition) is 4. The minimum absolute atomic E-state index is 0.0278. The predicted octanol–water partition coefficient (Wildman–Crippen LogP) is 2.15. The van der Waals surface area contributed by atoms with E-state index < -0.39 is 6.10 Å². The first-order chi connectivity index (χ1) is 13.1. The summed E-state index contributed by atoms with van der Waals surface area (Å²) >= 11 is 0. The molecule has 1 atom stereocenters. The van der Waals surface area contributed by atoms with Crippen molar-refractivity contribution in [3.05, 3.63) is 54.6 Å². The summed E-state index contributed by atoms with van der Waals surface area (Å²) in [7, 11) is 0. The third-order valence-corrected chi connectivity index (χ3v) is 5.12. The molecule has 0 spiro atoms. The number of amides is 2. The van der Waals surface area contributed by atoms with Gasteiger partial charge in [-0.15, -0.1) is 0 Å². The Morgan fingerprint density at radius 1 is 1.00 bits per heavy atom. The summed E-state index contributed by atoms with van der Waals surface area (Å²) in [5, 5.41) is 0. The molecule has 2 aromatic carbocycles. The molecule has 0 unspecified atom stereocenters. The van der Waals surface area contributed by atoms with Gasteiger partial charge in [0.05, 0.1) is 5.69 Å². The number of anilines is 2. The maximum absolute atomic E-state index is 12.8. The Kier molecular flexibility index (Phi) is 4.71. The Labute approximate surface area is 158 Å². The van der Waals surface area contributed by atoms with Gasteiger partial charge in [-0.25, -0.2) is 0 Å². The Bertz CT molecular complexity index is 832. The maximum atomic E-state index is 12.8. The molecule has 27 heavy (non-hydrogen) atoms. The number of carbonyl (C=O) groups is 2. The van der Waals surface area contributed by atoms with Gasteiger partial charge < -0.3 is 14.5 Å². The van der Waals surface area contributed by atoms with Gasteiger partial charge in [0.2, 0.25) is 5.91 Å². The first-order valence-electron chi connectivity index (χ1n) is 9.28. The van der Waals surface area contributed by atoms with E-state index >= 15 is 0 Å². The predicted molar refractivity (Wildman–Crippen MR) is 104 cm³/mol. The van der Waals surface area contributed by atoms with Crippen LogP contribution in [0.4, 0.5) is 11.4 Å². The first-order valence-corrected chi connectivity index (χ1v) is 9.28. The van der Waals surface area contributed by atoms with Crippen LogP contribution in [0.25, 0.3) is 0 Å². The van der Waals surface area contributed by atoms with Gasteiger partial charge in [0.15, 0.2) is 6.10 Å². The Morgan fingerprint density at radius 2 is 1.67 bits per heavy atom. The molecule has 2 amide bonds. The van der Waals surface area contributed by atoms with Crippen LogP contribution in [0.15, 0.2) is 54.6 Å². The van der Waals surface area contributed by atoms with Gasteiger partial charge in [0.1, 0.15) is 12.3 Å². The van der Waals surface area contributed by atoms with Crippen LogP contribution >= 0.6 is 0 Å². The minimum atomic E-state index is -0.581. The van der Waals surface area contributed by atoms with Crippen LogP contribution < -0.4 is 14.5 Å². The topological polar surface area (TPSA) is 53.1 Å². The fourth-order valence-corrected chi connectivity index (χ4v) is 3.61. The number of rotatable bonds is 3. The van der Waals surface area contributed by atoms with Gasteiger partial charge in [-0.2, -0.15) is 0 Å². The first kappa shape index (κ1) is 17.4. The molecule has 0 bridgehead atoms. The fraction of sp³-hybridized carbons (Fsp3) is 0.333. The molecule has 0 radical (unpaired) electrons. The second-order valence-corrected chi connectivity index (χ2v) is 6.86. The van der Waals surface area contributed by atoms with E-state index in [0.717, 1.165) is 13.1 Å². The summed E-state index contributed by atoms with van der Waals surface area (Å²) in [6.07, 6.45) is -0.581. The van der Waals surface area contributed by atoms with Crippen LogP contribution in [0.3, 0.4) is 0 Å². The smallest absolute Gasteiger partial charge is 0.268 e. The van der Waals surface area contributed by atoms with Crippen LogP contribution in [0.2, 0.25) is 0 Å². The number of fused-ring (bicyclic) bond motifs is 1. The van der Waals surface area contributed by atoms with E-state index in [1.54, 1.807) is 11.8 Å². The lowest BCUT2D eigenvalue weighted by Crippen LogP contribution is -2.54. The third kappa shape index (κ3) is 3.47. The van der Waals surface area contributed by atoms with Crippen molar-refractivity contribution in [3.63, 3.8) is 0 Å². The van der Waals surface area contributed by atoms with E-state index in [1.807, 2.05) is 47.4 Å². The van der Waals surface area contributed by atoms with Gasteiger partial charge in [-0.05, 0) is 31.2 Å². The van der Waals surface area contributed by atoms with Crippen molar-refractivity contribution in [1.29, 1.82) is 0 Å². The van der Waals surface area contributed by atoms with Gasteiger partial charge in [-0.3, -0.25) is 14.5 Å². The SMILES string of the molecule is C[C@H]1Oc2ccccc2N(CC(=O)N2CCN(c3ccccc3)CC2)C1=O. The lowest BCUT2D eigenvalue weighted by Gasteiger charge is -2.38. The molecule has 0 aliphatic carbocycles. The lowest BCUT2D eigenvalue weighted by atomic mass is 10.2. The molecule has 6 heteroatoms. The normalized spacial score (nSPS) is 19.5. The molecule has 2 aliphatic heterocycles. The quantitative estimate of drug-likeness (QED) is 0.836. The molecule has 2 aliphatic rings. The third-order valence-electron chi connectivity index (χ3n) is 5.12. The van der Waals surface area contributed by atoms with E-state index in [4.69, 9.17) is 4.74 Å². The highest BCUT2D eigenvalue weighted by Gasteiger charge is 2.34. The molecule has 1 fully saturated rings. The molecule has 0 N–H and O–H groups in total. The van der Waals surface area contributed by atoms with E-state index in [2.05, 4.69) is 17.0 Å². The second kappa shape index (κ2) is 7.31. The summed E-state index contributed by atoms with van der Waals surface area (Å²) in [6.45, 7) is 4.66. The highest BCUT2D eigenvalue weighted by atomic mass is 16.5. The van der Waals surface area contributed by atoms with Crippen LogP contribution in [-0.4, -0.2) is 55.5 Å². The fourth-order valence-electron chi connectivity index (χ4n) is 3.61. The minimum Gasteiger partial charge on any atom is -0.479 e. The number of para-hydroxylation sites is 3. The number of nitrogens with zero attached hydrogens (tertiary/aromatic N) is 3. The van der Waals surface area contributed by atoms with Gasteiger partial charge in [0.25, 0.3) is 5.91 Å². The summed E-state index contributed by atoms with van der Waals surface area (Å²) in [5.74, 6) is 0.441. The molecule has 0 saturated carbocycles. The monoisotopic (exact) mass is 365 g/mol. The molecule has 4 rings (SSSR count). The number of hydrogen-bond donors (Lipinski definition) is 0. The molecule has 2 heterocycles. The molecule has 140 valence electrons. The number of ether oxygens (including phenoxy) is 1. The Balaban J connectivity index is 1.42. The van der Waals surface area contributed by atoms with Crippen molar-refractivity contribution in [2.45, 2.75) is 13.0 Å². The number of piperazine rings is 1. The molecule has 0 aromatic heterocycles. The van der Waals surface area contributed by atoms with Crippen molar-refractivity contribution in [1.82, 2.24) is 4.90 Å². The summed E-state index contributed by atoms with van der Waals surface area (Å²) in [5.41, 5.74) is 1.84. The zero-order chi connectivity index (χ0) is 18.8. The summed E-state index contributed by atoms with van der Waals surface area (Å²) in [6, 6.07) is 17.6. The Morgan fingerprint density at radius 3 is 2.41 bits per heavy atom. The van der Waals surface area contributed by atoms with Crippen LogP contribution in [-0.2, 0) is 9.59 Å². The van der Waals surface area contributed by atoms with Crippen molar-refractivity contribution < 1.29 is 14.3 Å². The van der Waals surface area contributed by atoms with E-state index in [1.165, 1.54) is 5.69 Å². The average molecular weight is 365 g/mol. The van der Waals surface area contributed by atoms with Crippen LogP contribution in [0.5, 0.6) is 5.75 Å². The van der Waals surface area contributed by atoms with Crippen LogP contribution in [0.1, 0.15) is 6.92 Å². The maximum Gasteiger partial charge on any atom is 0.268 e. The summed E-state index contributed by atoms with van der Waals surface area (Å²) < 4.78 is 5.64. The van der Waals surface area contributed by atoms with Crippen LogP contribution in [0, 0.1) is 0 Å². The van der Waals surface area contributed by atoms with E-state index in [9.17, 15) is 9.59 Å². The van der Waals surface area contributed by atoms with Crippen molar-refractivity contribution in [2.24, 2.45) is 0 Å². The largest absolute Gasteiger partial charge is 0.479 e. The number of benzene rings is 2. The molecule has 2 aromatic rings. The zero-order valence-corrected chi connectivity index (χ0v) is 15.4. The zero-order valence-electron chi connectivity index (χ0n) is 15.4. The molecular weight excluding hydrogens is 342 g/mol. The van der Waals surface area contributed by atoms with Crippen molar-refractivity contribution in [2.75, 3.05) is 42.5 Å². The highest BCUT2D eigenvalue weighted by molar-refractivity contribution is 6.03. The standard InChI is InChI=1S/C21H23N3O3/c1-16-21(26)24(18-9-5-6-10-19(18)27-16)15-20(25)23-13-11-22(12-14-23)17-7-3-2-4-8-17/h2-10,16H,11-15H2,1H3/t16-/m1/s1. The molecular formula is C21H23N3O3. The average Bonchev–Trinajstić information content (AvgIpc) is 2.72. The lowest BCUT2D eigenvalue weighted by molar-refractivity contribution is -0.133. The van der Waals surface area contributed by atoms with E-state index in [-0.39, 0.29) is 18.4 Å². The number of carbonyl (C=O) groups excluding carboxylic acids is 2. The molecule has 1 saturated heterocycles. The van der Waals surface area contributed by atoms with Gasteiger partial charge in [0, 0.05) is 31.9 Å². The Hall–Kier alpha value is -3.02. The molecule has 6 nitrogen and oxygen atoms in total. The van der Waals surface area contributed by atoms with E-state index in [0.29, 0.717) is 24.5 Å². The van der Waals surface area contributed by atoms with Gasteiger partial charge in [-0.1, -0.05) is 30.3 Å². The van der Waals surface area contributed by atoms with Gasteiger partial charge >= 0.3 is 0 Å².